The summed E-state index contributed by atoms with van der Waals surface area (Å²) in [5.74, 6) is -1.09. The first-order valence-electron chi connectivity index (χ1n) is 5.98. The van der Waals surface area contributed by atoms with Gasteiger partial charge in [0.15, 0.2) is 5.78 Å². The molecular weight excluding hydrogens is 338 g/mol. The zero-order valence-electron chi connectivity index (χ0n) is 10.7. The van der Waals surface area contributed by atoms with Gasteiger partial charge in [0.05, 0.1) is 6.07 Å². The molecule has 0 aliphatic rings. The Bertz CT molecular complexity index is 706. The van der Waals surface area contributed by atoms with Crippen molar-refractivity contribution in [1.29, 1.82) is 5.26 Å². The fourth-order valence-electron chi connectivity index (χ4n) is 1.95. The van der Waals surface area contributed by atoms with Gasteiger partial charge in [-0.2, -0.15) is 5.26 Å². The van der Waals surface area contributed by atoms with Crippen LogP contribution in [-0.4, -0.2) is 5.78 Å². The lowest BCUT2D eigenvalue weighted by molar-refractivity contribution is 0.0978. The van der Waals surface area contributed by atoms with Crippen LogP contribution in [0.4, 0.5) is 0 Å². The number of hydrogen-bond acceptors (Lipinski definition) is 2. The molecule has 100 valence electrons. The van der Waals surface area contributed by atoms with E-state index in [0.29, 0.717) is 20.6 Å². The number of benzene rings is 2. The number of Topliss-reactive ketones (excluding diaryl/α,β-unsaturated/α-hetero) is 1. The molecule has 0 spiro atoms. The van der Waals surface area contributed by atoms with Crippen LogP contribution in [0, 0.1) is 18.3 Å². The Morgan fingerprint density at radius 1 is 1.30 bits per heavy atom. The van der Waals surface area contributed by atoms with Gasteiger partial charge in [-0.3, -0.25) is 4.79 Å². The molecule has 0 fully saturated rings. The first-order chi connectivity index (χ1) is 9.52. The van der Waals surface area contributed by atoms with E-state index in [2.05, 4.69) is 22.0 Å². The standard InChI is InChI=1S/C16H11BrClNO/c1-10-5-6-15(17)13(7-10)16(20)14(9-19)11-3-2-4-12(18)8-11/h2-8,14H,1H3. The Morgan fingerprint density at radius 2 is 2.05 bits per heavy atom. The SMILES string of the molecule is Cc1ccc(Br)c(C(=O)C(C#N)c2cccc(Cl)c2)c1. The normalized spacial score (nSPS) is 11.7. The van der Waals surface area contributed by atoms with Gasteiger partial charge >= 0.3 is 0 Å². The fraction of sp³-hybridized carbons (Fsp3) is 0.125. The summed E-state index contributed by atoms with van der Waals surface area (Å²) in [4.78, 5) is 12.6. The molecule has 2 rings (SSSR count). The molecule has 0 amide bonds. The van der Waals surface area contributed by atoms with E-state index in [1.165, 1.54) is 0 Å². The summed E-state index contributed by atoms with van der Waals surface area (Å²) in [6.07, 6.45) is 0. The van der Waals surface area contributed by atoms with Crippen molar-refractivity contribution in [2.45, 2.75) is 12.8 Å². The van der Waals surface area contributed by atoms with Crippen molar-refractivity contribution in [2.24, 2.45) is 0 Å². The van der Waals surface area contributed by atoms with Gasteiger partial charge in [0.2, 0.25) is 0 Å². The molecule has 20 heavy (non-hydrogen) atoms. The summed E-state index contributed by atoms with van der Waals surface area (Å²) in [6, 6.07) is 14.4. The summed E-state index contributed by atoms with van der Waals surface area (Å²) in [7, 11) is 0. The van der Waals surface area contributed by atoms with Crippen LogP contribution >= 0.6 is 27.5 Å². The highest BCUT2D eigenvalue weighted by Gasteiger charge is 2.23. The summed E-state index contributed by atoms with van der Waals surface area (Å²) in [5, 5.41) is 9.85. The monoisotopic (exact) mass is 347 g/mol. The Kier molecular flexibility index (Phi) is 4.59. The molecule has 0 aromatic heterocycles. The van der Waals surface area contributed by atoms with E-state index >= 15 is 0 Å². The lowest BCUT2D eigenvalue weighted by Crippen LogP contribution is -2.12. The highest BCUT2D eigenvalue weighted by molar-refractivity contribution is 9.10. The van der Waals surface area contributed by atoms with E-state index < -0.39 is 5.92 Å². The van der Waals surface area contributed by atoms with Crippen LogP contribution in [0.25, 0.3) is 0 Å². The lowest BCUT2D eigenvalue weighted by Gasteiger charge is -2.11. The van der Waals surface area contributed by atoms with Crippen molar-refractivity contribution in [3.8, 4) is 6.07 Å². The van der Waals surface area contributed by atoms with E-state index in [4.69, 9.17) is 11.6 Å². The average Bonchev–Trinajstić information content (AvgIpc) is 2.42. The number of hydrogen-bond donors (Lipinski definition) is 0. The fourth-order valence-corrected chi connectivity index (χ4v) is 2.59. The lowest BCUT2D eigenvalue weighted by atomic mass is 9.91. The van der Waals surface area contributed by atoms with Gasteiger partial charge in [-0.05, 0) is 36.8 Å². The molecule has 1 unspecified atom stereocenters. The van der Waals surface area contributed by atoms with Crippen LogP contribution in [-0.2, 0) is 0 Å². The summed E-state index contributed by atoms with van der Waals surface area (Å²) >= 11 is 9.28. The second kappa shape index (κ2) is 6.21. The maximum atomic E-state index is 12.6. The van der Waals surface area contributed by atoms with Crippen LogP contribution in [0.1, 0.15) is 27.4 Å². The van der Waals surface area contributed by atoms with Crippen molar-refractivity contribution in [3.63, 3.8) is 0 Å². The number of ketones is 1. The second-order valence-electron chi connectivity index (χ2n) is 4.46. The molecule has 0 heterocycles. The molecule has 4 heteroatoms. The smallest absolute Gasteiger partial charge is 0.185 e. The summed E-state index contributed by atoms with van der Waals surface area (Å²) < 4.78 is 0.690. The first-order valence-corrected chi connectivity index (χ1v) is 7.15. The van der Waals surface area contributed by atoms with Crippen LogP contribution in [0.5, 0.6) is 0 Å². The summed E-state index contributed by atoms with van der Waals surface area (Å²) in [5.41, 5.74) is 2.09. The third-order valence-electron chi connectivity index (χ3n) is 2.96. The quantitative estimate of drug-likeness (QED) is 0.740. The van der Waals surface area contributed by atoms with Gasteiger partial charge in [-0.15, -0.1) is 0 Å². The number of halogens is 2. The molecule has 2 aromatic rings. The number of nitrogens with zero attached hydrogens (tertiary/aromatic N) is 1. The molecule has 1 atom stereocenters. The molecule has 2 aromatic carbocycles. The highest BCUT2D eigenvalue weighted by atomic mass is 79.9. The summed E-state index contributed by atoms with van der Waals surface area (Å²) in [6.45, 7) is 1.91. The number of carbonyl (C=O) groups is 1. The van der Waals surface area contributed by atoms with Gasteiger partial charge in [0.1, 0.15) is 5.92 Å². The zero-order chi connectivity index (χ0) is 14.7. The second-order valence-corrected chi connectivity index (χ2v) is 5.76. The number of rotatable bonds is 3. The molecule has 0 saturated heterocycles. The Balaban J connectivity index is 2.45. The third-order valence-corrected chi connectivity index (χ3v) is 3.89. The Morgan fingerprint density at radius 3 is 2.70 bits per heavy atom. The zero-order valence-corrected chi connectivity index (χ0v) is 13.1. The Hall–Kier alpha value is -1.63. The van der Waals surface area contributed by atoms with Crippen LogP contribution in [0.3, 0.4) is 0 Å². The van der Waals surface area contributed by atoms with Gasteiger partial charge in [0, 0.05) is 15.1 Å². The molecule has 2 nitrogen and oxygen atoms in total. The van der Waals surface area contributed by atoms with Crippen molar-refractivity contribution in [3.05, 3.63) is 68.7 Å². The minimum absolute atomic E-state index is 0.231. The van der Waals surface area contributed by atoms with Gasteiger partial charge in [0.25, 0.3) is 0 Å². The van der Waals surface area contributed by atoms with Crippen LogP contribution in [0.15, 0.2) is 46.9 Å². The van der Waals surface area contributed by atoms with Crippen molar-refractivity contribution >= 4 is 33.3 Å². The predicted molar refractivity (Wildman–Crippen MR) is 83.0 cm³/mol. The maximum absolute atomic E-state index is 12.6. The largest absolute Gasteiger partial charge is 0.292 e. The predicted octanol–water partition coefficient (Wildman–Crippen LogP) is 4.90. The number of aryl methyl sites for hydroxylation is 1. The van der Waals surface area contributed by atoms with E-state index in [0.717, 1.165) is 5.56 Å². The third kappa shape index (κ3) is 3.09. The van der Waals surface area contributed by atoms with Crippen molar-refractivity contribution < 1.29 is 4.79 Å². The van der Waals surface area contributed by atoms with Crippen LogP contribution in [0.2, 0.25) is 5.02 Å². The molecule has 0 N–H and O–H groups in total. The minimum atomic E-state index is -0.855. The molecule has 0 aliphatic carbocycles. The van der Waals surface area contributed by atoms with Gasteiger partial charge in [-0.1, -0.05) is 51.3 Å². The van der Waals surface area contributed by atoms with Crippen LogP contribution < -0.4 is 0 Å². The van der Waals surface area contributed by atoms with E-state index in [1.54, 1.807) is 30.3 Å². The average molecular weight is 349 g/mol. The van der Waals surface area contributed by atoms with E-state index in [9.17, 15) is 10.1 Å². The van der Waals surface area contributed by atoms with E-state index in [-0.39, 0.29) is 5.78 Å². The molecule has 0 bridgehead atoms. The molecule has 0 radical (unpaired) electrons. The highest BCUT2D eigenvalue weighted by Crippen LogP contribution is 2.27. The van der Waals surface area contributed by atoms with Gasteiger partial charge < -0.3 is 0 Å². The van der Waals surface area contributed by atoms with Crippen molar-refractivity contribution in [2.75, 3.05) is 0 Å². The first kappa shape index (κ1) is 14.8. The number of nitriles is 1. The topological polar surface area (TPSA) is 40.9 Å². The maximum Gasteiger partial charge on any atom is 0.185 e. The molecule has 0 aliphatic heterocycles. The minimum Gasteiger partial charge on any atom is -0.292 e. The van der Waals surface area contributed by atoms with E-state index in [1.807, 2.05) is 19.1 Å². The Labute approximate surface area is 131 Å². The number of carbonyl (C=O) groups excluding carboxylic acids is 1. The molecule has 0 saturated carbocycles. The molecular formula is C16H11BrClNO. The van der Waals surface area contributed by atoms with Crippen molar-refractivity contribution in [1.82, 2.24) is 0 Å². The van der Waals surface area contributed by atoms with Gasteiger partial charge in [-0.25, -0.2) is 0 Å².